The summed E-state index contributed by atoms with van der Waals surface area (Å²) in [5.74, 6) is -0.879. The van der Waals surface area contributed by atoms with Crippen molar-refractivity contribution in [3.05, 3.63) is 11.2 Å². The Kier molecular flexibility index (Phi) is 4.66. The van der Waals surface area contributed by atoms with Crippen LogP contribution in [0, 0.1) is 5.41 Å². The first-order valence-electron chi connectivity index (χ1n) is 5.53. The van der Waals surface area contributed by atoms with Crippen molar-refractivity contribution in [1.29, 1.82) is 0 Å². The third-order valence-electron chi connectivity index (χ3n) is 2.39. The largest absolute Gasteiger partial charge is 0.461 e. The number of nitrogens with one attached hydrogen (secondary N) is 1. The highest BCUT2D eigenvalue weighted by Gasteiger charge is 2.26. The van der Waals surface area contributed by atoms with E-state index in [2.05, 4.69) is 10.3 Å². The molecule has 1 aromatic rings. The number of hydrogen-bond acceptors (Lipinski definition) is 6. The van der Waals surface area contributed by atoms with Crippen molar-refractivity contribution in [2.75, 3.05) is 18.5 Å². The molecule has 1 rings (SSSR count). The Balaban J connectivity index is 2.72. The second-order valence-corrected chi connectivity index (χ2v) is 5.21. The van der Waals surface area contributed by atoms with Crippen LogP contribution in [0.5, 0.6) is 0 Å². The number of primary amides is 1. The van der Waals surface area contributed by atoms with Crippen molar-refractivity contribution in [2.24, 2.45) is 11.1 Å². The van der Waals surface area contributed by atoms with Crippen LogP contribution in [-0.2, 0) is 9.53 Å². The van der Waals surface area contributed by atoms with Crippen LogP contribution in [0.3, 0.4) is 0 Å². The predicted molar refractivity (Wildman–Crippen MR) is 69.5 cm³/mol. The Bertz CT molecular complexity index is 442. The van der Waals surface area contributed by atoms with Gasteiger partial charge in [-0.05, 0) is 20.8 Å². The molecule has 3 N–H and O–H groups in total. The van der Waals surface area contributed by atoms with Gasteiger partial charge in [0.05, 0.1) is 17.5 Å². The fourth-order valence-electron chi connectivity index (χ4n) is 1.10. The molecule has 0 saturated carbocycles. The number of ether oxygens (including phenoxy) is 1. The summed E-state index contributed by atoms with van der Waals surface area (Å²) in [6.45, 7) is 5.81. The van der Waals surface area contributed by atoms with Gasteiger partial charge in [-0.2, -0.15) is 0 Å². The molecular formula is C11H17N3O3S. The van der Waals surface area contributed by atoms with E-state index in [1.807, 2.05) is 0 Å². The minimum atomic E-state index is -0.698. The van der Waals surface area contributed by atoms with Crippen LogP contribution in [0.15, 0.2) is 5.51 Å². The van der Waals surface area contributed by atoms with Crippen molar-refractivity contribution in [1.82, 2.24) is 4.98 Å². The number of carbonyl (C=O) groups excluding carboxylic acids is 2. The molecule has 100 valence electrons. The van der Waals surface area contributed by atoms with Crippen LogP contribution < -0.4 is 11.1 Å². The van der Waals surface area contributed by atoms with Gasteiger partial charge in [-0.1, -0.05) is 0 Å². The molecule has 1 amide bonds. The fourth-order valence-corrected chi connectivity index (χ4v) is 1.77. The average molecular weight is 271 g/mol. The molecule has 6 nitrogen and oxygen atoms in total. The standard InChI is InChI=1S/C11H17N3O3S/c1-4-17-9(15)7-8(18-6-14-7)13-5-11(2,3)10(12)16/h6,13H,4-5H2,1-3H3,(H2,12,16). The Hall–Kier alpha value is -1.63. The zero-order chi connectivity index (χ0) is 13.8. The van der Waals surface area contributed by atoms with Gasteiger partial charge in [0.1, 0.15) is 5.00 Å². The minimum Gasteiger partial charge on any atom is -0.461 e. The van der Waals surface area contributed by atoms with Gasteiger partial charge in [-0.3, -0.25) is 4.79 Å². The molecule has 18 heavy (non-hydrogen) atoms. The number of amides is 1. The lowest BCUT2D eigenvalue weighted by Gasteiger charge is -2.20. The van der Waals surface area contributed by atoms with E-state index < -0.39 is 17.3 Å². The average Bonchev–Trinajstić information content (AvgIpc) is 2.74. The minimum absolute atomic E-state index is 0.238. The first-order chi connectivity index (χ1) is 8.38. The first kappa shape index (κ1) is 14.4. The van der Waals surface area contributed by atoms with Crippen LogP contribution in [0.4, 0.5) is 5.00 Å². The SMILES string of the molecule is CCOC(=O)c1ncsc1NCC(C)(C)C(N)=O. The number of rotatable bonds is 6. The third-order valence-corrected chi connectivity index (χ3v) is 3.18. The number of esters is 1. The number of thiazole rings is 1. The summed E-state index contributed by atoms with van der Waals surface area (Å²) in [6, 6.07) is 0. The van der Waals surface area contributed by atoms with Crippen LogP contribution >= 0.6 is 11.3 Å². The highest BCUT2D eigenvalue weighted by Crippen LogP contribution is 2.23. The number of anilines is 1. The lowest BCUT2D eigenvalue weighted by molar-refractivity contribution is -0.125. The van der Waals surface area contributed by atoms with E-state index in [9.17, 15) is 9.59 Å². The Morgan fingerprint density at radius 1 is 1.56 bits per heavy atom. The fraction of sp³-hybridized carbons (Fsp3) is 0.545. The van der Waals surface area contributed by atoms with Gasteiger partial charge in [0, 0.05) is 6.54 Å². The van der Waals surface area contributed by atoms with Gasteiger partial charge in [-0.15, -0.1) is 11.3 Å². The zero-order valence-corrected chi connectivity index (χ0v) is 11.5. The smallest absolute Gasteiger partial charge is 0.360 e. The normalized spacial score (nSPS) is 11.1. The third kappa shape index (κ3) is 3.43. The number of carbonyl (C=O) groups is 2. The van der Waals surface area contributed by atoms with Crippen molar-refractivity contribution >= 4 is 28.2 Å². The van der Waals surface area contributed by atoms with Crippen molar-refractivity contribution < 1.29 is 14.3 Å². The van der Waals surface area contributed by atoms with E-state index in [4.69, 9.17) is 10.5 Å². The summed E-state index contributed by atoms with van der Waals surface area (Å²) in [7, 11) is 0. The van der Waals surface area contributed by atoms with E-state index in [-0.39, 0.29) is 5.69 Å². The molecular weight excluding hydrogens is 254 g/mol. The van der Waals surface area contributed by atoms with Gasteiger partial charge in [-0.25, -0.2) is 9.78 Å². The number of nitrogens with zero attached hydrogens (tertiary/aromatic N) is 1. The highest BCUT2D eigenvalue weighted by atomic mass is 32.1. The van der Waals surface area contributed by atoms with Crippen molar-refractivity contribution in [3.8, 4) is 0 Å². The number of aromatic nitrogens is 1. The van der Waals surface area contributed by atoms with Crippen LogP contribution in [0.2, 0.25) is 0 Å². The molecule has 0 aromatic carbocycles. The summed E-state index contributed by atoms with van der Waals surface area (Å²) in [4.78, 5) is 26.7. The molecule has 0 spiro atoms. The summed E-state index contributed by atoms with van der Waals surface area (Å²) in [5, 5.41) is 3.59. The zero-order valence-electron chi connectivity index (χ0n) is 10.6. The lowest BCUT2D eigenvalue weighted by Crippen LogP contribution is -2.37. The molecule has 0 radical (unpaired) electrons. The van der Waals surface area contributed by atoms with Crippen LogP contribution in [0.1, 0.15) is 31.3 Å². The molecule has 0 bridgehead atoms. The topological polar surface area (TPSA) is 94.3 Å². The molecule has 7 heteroatoms. The van der Waals surface area contributed by atoms with Gasteiger partial charge in [0.15, 0.2) is 5.69 Å². The van der Waals surface area contributed by atoms with Crippen molar-refractivity contribution in [3.63, 3.8) is 0 Å². The molecule has 0 fully saturated rings. The molecule has 0 aliphatic rings. The Morgan fingerprint density at radius 3 is 2.78 bits per heavy atom. The molecule has 1 heterocycles. The van der Waals surface area contributed by atoms with E-state index in [1.54, 1.807) is 26.3 Å². The summed E-state index contributed by atoms with van der Waals surface area (Å²) >= 11 is 1.28. The molecule has 0 aliphatic carbocycles. The maximum Gasteiger partial charge on any atom is 0.360 e. The van der Waals surface area contributed by atoms with E-state index in [0.717, 1.165) is 0 Å². The predicted octanol–water partition coefficient (Wildman–Crippen LogP) is 1.24. The quantitative estimate of drug-likeness (QED) is 0.759. The number of nitrogens with two attached hydrogens (primary N) is 1. The van der Waals surface area contributed by atoms with Crippen molar-refractivity contribution in [2.45, 2.75) is 20.8 Å². The van der Waals surface area contributed by atoms with Gasteiger partial charge < -0.3 is 15.8 Å². The van der Waals surface area contributed by atoms with Crippen LogP contribution in [0.25, 0.3) is 0 Å². The molecule has 0 atom stereocenters. The number of hydrogen-bond donors (Lipinski definition) is 2. The second kappa shape index (κ2) is 5.81. The van der Waals surface area contributed by atoms with Gasteiger partial charge in [0.25, 0.3) is 0 Å². The molecule has 0 aliphatic heterocycles. The monoisotopic (exact) mass is 271 g/mol. The van der Waals surface area contributed by atoms with E-state index in [0.29, 0.717) is 18.2 Å². The first-order valence-corrected chi connectivity index (χ1v) is 6.41. The maximum absolute atomic E-state index is 11.6. The molecule has 0 saturated heterocycles. The van der Waals surface area contributed by atoms with Crippen LogP contribution in [-0.4, -0.2) is 30.0 Å². The highest BCUT2D eigenvalue weighted by molar-refractivity contribution is 7.14. The summed E-state index contributed by atoms with van der Waals surface area (Å²) in [6.07, 6.45) is 0. The van der Waals surface area contributed by atoms with Gasteiger partial charge >= 0.3 is 5.97 Å². The summed E-state index contributed by atoms with van der Waals surface area (Å²) < 4.78 is 4.88. The second-order valence-electron chi connectivity index (χ2n) is 4.35. The van der Waals surface area contributed by atoms with Gasteiger partial charge in [0.2, 0.25) is 5.91 Å². The van der Waals surface area contributed by atoms with E-state index in [1.165, 1.54) is 11.3 Å². The van der Waals surface area contributed by atoms with E-state index >= 15 is 0 Å². The molecule has 1 aromatic heterocycles. The Labute approximate surface area is 110 Å². The summed E-state index contributed by atoms with van der Waals surface area (Å²) in [5.41, 5.74) is 6.36. The lowest BCUT2D eigenvalue weighted by atomic mass is 9.93. The molecule has 0 unspecified atom stereocenters. The Morgan fingerprint density at radius 2 is 2.22 bits per heavy atom. The maximum atomic E-state index is 11.6.